The summed E-state index contributed by atoms with van der Waals surface area (Å²) in [7, 11) is 1.71. The molecule has 5 rings (SSSR count). The van der Waals surface area contributed by atoms with Gasteiger partial charge < -0.3 is 19.0 Å². The number of amides is 1. The van der Waals surface area contributed by atoms with Crippen molar-refractivity contribution in [3.05, 3.63) is 111 Å². The Morgan fingerprint density at radius 3 is 2.66 bits per heavy atom. The average Bonchev–Trinajstić information content (AvgIpc) is 3.29. The lowest BCUT2D eigenvalue weighted by Crippen LogP contribution is -2.29. The zero-order chi connectivity index (χ0) is 24.4. The van der Waals surface area contributed by atoms with E-state index in [2.05, 4.69) is 27.0 Å². The number of rotatable bonds is 7. The van der Waals surface area contributed by atoms with Gasteiger partial charge in [0.05, 0.1) is 5.39 Å². The van der Waals surface area contributed by atoms with E-state index in [0.29, 0.717) is 36.3 Å². The number of nitrogens with one attached hydrogen (secondary N) is 1. The van der Waals surface area contributed by atoms with Gasteiger partial charge in [-0.05, 0) is 53.9 Å². The van der Waals surface area contributed by atoms with Crippen LogP contribution in [0, 0.1) is 0 Å². The largest absolute Gasteiger partial charge is 0.489 e. The third-order valence-electron chi connectivity index (χ3n) is 5.97. The van der Waals surface area contributed by atoms with Crippen LogP contribution in [0.5, 0.6) is 5.75 Å². The molecule has 0 aliphatic carbocycles. The van der Waals surface area contributed by atoms with E-state index in [9.17, 15) is 9.59 Å². The van der Waals surface area contributed by atoms with Crippen molar-refractivity contribution in [2.45, 2.75) is 13.0 Å². The minimum absolute atomic E-state index is 0.0208. The monoisotopic (exact) mass is 530 g/mol. The number of likely N-dealkylation sites (N-methyl/N-ethyl adjacent to an activating group) is 1. The average molecular weight is 531 g/mol. The molecular weight excluding hydrogens is 508 g/mol. The van der Waals surface area contributed by atoms with E-state index in [-0.39, 0.29) is 17.1 Å². The Morgan fingerprint density at radius 1 is 1.03 bits per heavy atom. The number of hydrogen-bond donors (Lipinski definition) is 1. The fraction of sp³-hybridized carbons (Fsp3) is 0.143. The number of hydrogen-bond acceptors (Lipinski definition) is 4. The van der Waals surface area contributed by atoms with Crippen molar-refractivity contribution in [1.29, 1.82) is 0 Å². The number of fused-ring (bicyclic) bond motifs is 2. The maximum Gasteiger partial charge on any atom is 0.289 e. The Morgan fingerprint density at radius 2 is 1.83 bits per heavy atom. The lowest BCUT2D eigenvalue weighted by Gasteiger charge is -2.16. The first-order valence-electron chi connectivity index (χ1n) is 11.2. The Labute approximate surface area is 210 Å². The standard InChI is InChI=1S/C28H23BrN2O4/c1-31(13-12-19-16-30-24-5-3-2-4-22(19)24)28(33)27-15-25(32)23-14-21(10-11-26(23)35-27)34-17-18-6-8-20(29)9-7-18/h2-11,14-16,30H,12-13,17H2,1H3. The van der Waals surface area contributed by atoms with Crippen LogP contribution in [-0.4, -0.2) is 29.4 Å². The second-order valence-corrected chi connectivity index (χ2v) is 9.30. The molecule has 1 N–H and O–H groups in total. The highest BCUT2D eigenvalue weighted by Crippen LogP contribution is 2.22. The van der Waals surface area contributed by atoms with Crippen LogP contribution in [0.2, 0.25) is 0 Å². The van der Waals surface area contributed by atoms with E-state index in [0.717, 1.165) is 26.5 Å². The number of carbonyl (C=O) groups excluding carboxylic acids is 1. The van der Waals surface area contributed by atoms with Gasteiger partial charge in [0.1, 0.15) is 17.9 Å². The number of aromatic amines is 1. The van der Waals surface area contributed by atoms with Gasteiger partial charge in [0.2, 0.25) is 0 Å². The molecule has 2 heterocycles. The Kier molecular flexibility index (Phi) is 6.42. The normalized spacial score (nSPS) is 11.1. The fourth-order valence-electron chi connectivity index (χ4n) is 3.99. The van der Waals surface area contributed by atoms with Gasteiger partial charge in [-0.25, -0.2) is 0 Å². The highest BCUT2D eigenvalue weighted by atomic mass is 79.9. The van der Waals surface area contributed by atoms with E-state index in [1.165, 1.54) is 6.07 Å². The summed E-state index contributed by atoms with van der Waals surface area (Å²) in [6, 6.07) is 22.2. The lowest BCUT2D eigenvalue weighted by molar-refractivity contribution is 0.0766. The minimum Gasteiger partial charge on any atom is -0.489 e. The maximum atomic E-state index is 13.0. The zero-order valence-corrected chi connectivity index (χ0v) is 20.7. The third-order valence-corrected chi connectivity index (χ3v) is 6.49. The van der Waals surface area contributed by atoms with Gasteiger partial charge in [0.25, 0.3) is 5.91 Å². The molecule has 5 aromatic rings. The van der Waals surface area contributed by atoms with Crippen LogP contribution in [0.4, 0.5) is 0 Å². The van der Waals surface area contributed by atoms with Crippen molar-refractivity contribution in [2.75, 3.05) is 13.6 Å². The molecule has 0 saturated heterocycles. The number of para-hydroxylation sites is 1. The van der Waals surface area contributed by atoms with Crippen molar-refractivity contribution in [1.82, 2.24) is 9.88 Å². The number of nitrogens with zero attached hydrogens (tertiary/aromatic N) is 1. The summed E-state index contributed by atoms with van der Waals surface area (Å²) in [5.41, 5.74) is 3.28. The number of carbonyl (C=O) groups is 1. The van der Waals surface area contributed by atoms with E-state index in [1.807, 2.05) is 48.7 Å². The fourth-order valence-corrected chi connectivity index (χ4v) is 4.26. The molecule has 0 saturated carbocycles. The first-order valence-corrected chi connectivity index (χ1v) is 12.0. The number of aromatic nitrogens is 1. The van der Waals surface area contributed by atoms with Crippen molar-refractivity contribution in [3.8, 4) is 5.75 Å². The van der Waals surface area contributed by atoms with Crippen LogP contribution in [0.15, 0.2) is 92.7 Å². The number of ether oxygens (including phenoxy) is 1. The molecule has 7 heteroatoms. The minimum atomic E-state index is -0.334. The van der Waals surface area contributed by atoms with Gasteiger partial charge in [-0.1, -0.05) is 46.3 Å². The Balaban J connectivity index is 1.28. The van der Waals surface area contributed by atoms with Gasteiger partial charge >= 0.3 is 0 Å². The Hall–Kier alpha value is -3.84. The SMILES string of the molecule is CN(CCc1c[nH]c2ccccc12)C(=O)c1cc(=O)c2cc(OCc3ccc(Br)cc3)ccc2o1. The molecule has 2 aromatic heterocycles. The quantitative estimate of drug-likeness (QED) is 0.283. The van der Waals surface area contributed by atoms with Crippen molar-refractivity contribution in [3.63, 3.8) is 0 Å². The molecule has 35 heavy (non-hydrogen) atoms. The van der Waals surface area contributed by atoms with Crippen molar-refractivity contribution < 1.29 is 13.9 Å². The predicted molar refractivity (Wildman–Crippen MR) is 140 cm³/mol. The summed E-state index contributed by atoms with van der Waals surface area (Å²) in [5, 5.41) is 1.51. The molecule has 0 aliphatic rings. The second kappa shape index (κ2) is 9.80. The Bertz CT molecular complexity index is 1570. The van der Waals surface area contributed by atoms with Gasteiger partial charge in [-0.2, -0.15) is 0 Å². The van der Waals surface area contributed by atoms with Crippen LogP contribution >= 0.6 is 15.9 Å². The van der Waals surface area contributed by atoms with Crippen LogP contribution in [0.1, 0.15) is 21.7 Å². The third kappa shape index (κ3) is 5.00. The summed E-state index contributed by atoms with van der Waals surface area (Å²) in [6.07, 6.45) is 2.65. The van der Waals surface area contributed by atoms with Gasteiger partial charge in [0.15, 0.2) is 11.2 Å². The van der Waals surface area contributed by atoms with Gasteiger partial charge in [-0.3, -0.25) is 9.59 Å². The molecule has 0 bridgehead atoms. The van der Waals surface area contributed by atoms with Crippen LogP contribution in [-0.2, 0) is 13.0 Å². The molecule has 3 aromatic carbocycles. The molecule has 0 unspecified atom stereocenters. The molecule has 0 aliphatic heterocycles. The highest BCUT2D eigenvalue weighted by molar-refractivity contribution is 9.10. The number of H-pyrrole nitrogens is 1. The summed E-state index contributed by atoms with van der Waals surface area (Å²) < 4.78 is 12.6. The number of benzene rings is 3. The summed E-state index contributed by atoms with van der Waals surface area (Å²) >= 11 is 3.41. The first kappa shape index (κ1) is 22.9. The zero-order valence-electron chi connectivity index (χ0n) is 19.1. The molecule has 6 nitrogen and oxygen atoms in total. The summed E-state index contributed by atoms with van der Waals surface area (Å²) in [5.74, 6) is 0.245. The van der Waals surface area contributed by atoms with E-state index in [4.69, 9.17) is 9.15 Å². The maximum absolute atomic E-state index is 13.0. The molecule has 0 spiro atoms. The van der Waals surface area contributed by atoms with E-state index in [1.54, 1.807) is 30.1 Å². The topological polar surface area (TPSA) is 75.5 Å². The van der Waals surface area contributed by atoms with Gasteiger partial charge in [0, 0.05) is 41.2 Å². The van der Waals surface area contributed by atoms with E-state index < -0.39 is 0 Å². The molecule has 0 atom stereocenters. The second-order valence-electron chi connectivity index (χ2n) is 8.38. The summed E-state index contributed by atoms with van der Waals surface area (Å²) in [4.78, 5) is 30.6. The molecule has 1 amide bonds. The first-order chi connectivity index (χ1) is 17.0. The van der Waals surface area contributed by atoms with Crippen LogP contribution in [0.25, 0.3) is 21.9 Å². The van der Waals surface area contributed by atoms with Gasteiger partial charge in [-0.15, -0.1) is 0 Å². The predicted octanol–water partition coefficient (Wildman–Crippen LogP) is 5.93. The number of halogens is 1. The van der Waals surface area contributed by atoms with Crippen molar-refractivity contribution in [2.24, 2.45) is 0 Å². The molecule has 176 valence electrons. The lowest BCUT2D eigenvalue weighted by atomic mass is 10.1. The van der Waals surface area contributed by atoms with Crippen LogP contribution in [0.3, 0.4) is 0 Å². The highest BCUT2D eigenvalue weighted by Gasteiger charge is 2.17. The van der Waals surface area contributed by atoms with Crippen molar-refractivity contribution >= 4 is 43.7 Å². The molecule has 0 radical (unpaired) electrons. The summed E-state index contributed by atoms with van der Waals surface area (Å²) in [6.45, 7) is 0.868. The smallest absolute Gasteiger partial charge is 0.289 e. The molecule has 0 fully saturated rings. The molecular formula is C28H23BrN2O4. The van der Waals surface area contributed by atoms with E-state index >= 15 is 0 Å². The van der Waals surface area contributed by atoms with Crippen LogP contribution < -0.4 is 10.2 Å².